The van der Waals surface area contributed by atoms with Crippen LogP contribution in [0.2, 0.25) is 10.0 Å². The molecule has 0 spiro atoms. The van der Waals surface area contributed by atoms with E-state index in [4.69, 9.17) is 46.7 Å². The largest absolute Gasteiger partial charge is 0.450 e. The van der Waals surface area contributed by atoms with Crippen LogP contribution < -0.4 is 30.8 Å². The second-order valence-electron chi connectivity index (χ2n) is 10.8. The van der Waals surface area contributed by atoms with E-state index >= 15 is 0 Å². The monoisotopic (exact) mass is 844 g/mol. The molecule has 0 aliphatic carbocycles. The van der Waals surface area contributed by atoms with Crippen molar-refractivity contribution in [2.24, 2.45) is 9.98 Å². The number of anilines is 2. The number of benzene rings is 3. The van der Waals surface area contributed by atoms with Crippen molar-refractivity contribution in [3.05, 3.63) is 45.0 Å². The molecule has 3 aromatic carbocycles. The summed E-state index contributed by atoms with van der Waals surface area (Å²) in [5.41, 5.74) is 0.372. The van der Waals surface area contributed by atoms with E-state index < -0.39 is 47.3 Å². The second-order valence-corrected chi connectivity index (χ2v) is 17.2. The highest BCUT2D eigenvalue weighted by Crippen LogP contribution is 2.49. The van der Waals surface area contributed by atoms with Crippen molar-refractivity contribution >= 4 is 88.3 Å². The highest BCUT2D eigenvalue weighted by Gasteiger charge is 2.35. The fourth-order valence-electron chi connectivity index (χ4n) is 5.10. The third-order valence-corrected chi connectivity index (χ3v) is 12.4. The molecule has 0 saturated carbocycles. The van der Waals surface area contributed by atoms with Gasteiger partial charge in [0, 0.05) is 13.1 Å². The molecular weight excluding hydrogens is 815 g/mol. The van der Waals surface area contributed by atoms with Crippen molar-refractivity contribution in [3.8, 4) is 23.0 Å². The zero-order valence-electron chi connectivity index (χ0n) is 27.0. The normalized spacial score (nSPS) is 13.3. The van der Waals surface area contributed by atoms with Gasteiger partial charge in [-0.25, -0.2) is 36.3 Å². The first-order chi connectivity index (χ1) is 24.6. The zero-order chi connectivity index (χ0) is 37.8. The fourth-order valence-corrected chi connectivity index (χ4v) is 9.29. The number of nitrogens with zero attached hydrogens (tertiary/aromatic N) is 2. The van der Waals surface area contributed by atoms with Crippen molar-refractivity contribution in [2.75, 3.05) is 48.4 Å². The Kier molecular flexibility index (Phi) is 12.8. The number of hydrogen-bond acceptors (Lipinski definition) is 18. The van der Waals surface area contributed by atoms with E-state index in [1.54, 1.807) is 19.1 Å². The molecule has 4 N–H and O–H groups in total. The third-order valence-electron chi connectivity index (χ3n) is 7.15. The Balaban J connectivity index is 1.63. The van der Waals surface area contributed by atoms with Crippen LogP contribution in [0, 0.1) is 0 Å². The number of rotatable bonds is 18. The minimum atomic E-state index is -4.96. The molecule has 0 amide bonds. The van der Waals surface area contributed by atoms with Crippen molar-refractivity contribution in [1.82, 2.24) is 0 Å². The van der Waals surface area contributed by atoms with Crippen LogP contribution in [0.15, 0.2) is 44.0 Å². The van der Waals surface area contributed by atoms with Crippen LogP contribution in [0.5, 0.6) is 23.0 Å². The SMILES string of the molecule is CCCNc1ccc2c(c1S(=O)(=O)CCC)Oc1c(Cl)c3c(c(Cl)c1=N2)Oc1c(ccc(NCCOSOOO)c1S(=O)(=O)CCOS(=O)(=O)O)N=3. The molecule has 2 aliphatic rings. The summed E-state index contributed by atoms with van der Waals surface area (Å²) in [6.07, 6.45) is 1.06. The Morgan fingerprint density at radius 3 is 1.75 bits per heavy atom. The summed E-state index contributed by atoms with van der Waals surface area (Å²) in [5.74, 6) is -1.81. The maximum atomic E-state index is 13.7. The fraction of sp³-hybridized carbons (Fsp3) is 0.357. The Hall–Kier alpha value is -3.00. The van der Waals surface area contributed by atoms with E-state index in [0.717, 1.165) is 6.42 Å². The number of sulfone groups is 2. The summed E-state index contributed by atoms with van der Waals surface area (Å²) >= 11 is 14.0. The quantitative estimate of drug-likeness (QED) is 0.0294. The van der Waals surface area contributed by atoms with Crippen LogP contribution in [0.3, 0.4) is 0 Å². The summed E-state index contributed by atoms with van der Waals surface area (Å²) in [4.78, 5) is 8.52. The summed E-state index contributed by atoms with van der Waals surface area (Å²) in [6.45, 7) is 3.08. The molecule has 0 saturated heterocycles. The highest BCUT2D eigenvalue weighted by molar-refractivity contribution is 7.92. The Bertz CT molecular complexity index is 2330. The first-order valence-corrected chi connectivity index (χ1v) is 21.2. The number of ether oxygens (including phenoxy) is 2. The minimum Gasteiger partial charge on any atom is -0.450 e. The number of fused-ring (bicyclic) bond motifs is 4. The first-order valence-electron chi connectivity index (χ1n) is 15.1. The smallest absolute Gasteiger partial charge is 0.397 e. The topological polar surface area (TPSA) is 247 Å². The molecule has 0 radical (unpaired) electrons. The number of hydrogen-bond donors (Lipinski definition) is 4. The van der Waals surface area contributed by atoms with Crippen LogP contribution >= 0.6 is 35.5 Å². The number of halogens is 2. The van der Waals surface area contributed by atoms with Crippen LogP contribution in [0.25, 0.3) is 0 Å². The lowest BCUT2D eigenvalue weighted by Gasteiger charge is -2.25. The lowest BCUT2D eigenvalue weighted by Crippen LogP contribution is -2.24. The molecule has 18 nitrogen and oxygen atoms in total. The Morgan fingerprint density at radius 1 is 0.750 bits per heavy atom. The van der Waals surface area contributed by atoms with E-state index in [1.807, 2.05) is 6.92 Å². The van der Waals surface area contributed by atoms with Crippen molar-refractivity contribution in [1.29, 1.82) is 0 Å². The molecule has 0 fully saturated rings. The predicted molar refractivity (Wildman–Crippen MR) is 189 cm³/mol. The Morgan fingerprint density at radius 2 is 1.27 bits per heavy atom. The van der Waals surface area contributed by atoms with Gasteiger partial charge in [0.15, 0.2) is 55.0 Å². The van der Waals surface area contributed by atoms with Gasteiger partial charge in [-0.1, -0.05) is 42.1 Å². The van der Waals surface area contributed by atoms with Gasteiger partial charge in [0.25, 0.3) is 0 Å². The van der Waals surface area contributed by atoms with Crippen LogP contribution in [-0.4, -0.2) is 72.9 Å². The van der Waals surface area contributed by atoms with E-state index in [-0.39, 0.29) is 84.6 Å². The van der Waals surface area contributed by atoms with Crippen molar-refractivity contribution in [3.63, 3.8) is 0 Å². The van der Waals surface area contributed by atoms with Crippen LogP contribution in [0.4, 0.5) is 22.7 Å². The summed E-state index contributed by atoms with van der Waals surface area (Å²) in [6, 6.07) is 5.87. The summed E-state index contributed by atoms with van der Waals surface area (Å²) in [5, 5.41) is 17.1. The predicted octanol–water partition coefficient (Wildman–Crippen LogP) is 5.12. The molecule has 2 aliphatic heterocycles. The highest BCUT2D eigenvalue weighted by atomic mass is 35.5. The van der Waals surface area contributed by atoms with Gasteiger partial charge in [0.2, 0.25) is 0 Å². The summed E-state index contributed by atoms with van der Waals surface area (Å²) in [7, 11) is -13.3. The van der Waals surface area contributed by atoms with Gasteiger partial charge in [-0.3, -0.25) is 8.74 Å². The minimum absolute atomic E-state index is 0.0281. The molecule has 284 valence electrons. The van der Waals surface area contributed by atoms with Gasteiger partial charge in [-0.15, -0.1) is 4.33 Å². The molecule has 24 heteroatoms. The third kappa shape index (κ3) is 8.69. The standard InChI is InChI=1S/C28H30Cl2N4O14S4/c1-3-9-31-17-7-5-15-23(27(17)50(36,37)13-4-2)45-25-19(29)22-26(20(30)21(25)33-15)46-24-16(34-22)6-8-18(32-10-11-43-49-48-47-35)28(24)51(38,39)14-12-44-52(40,41)42/h5-8,31-32,35H,3-4,9-14H2,1-2H3,(H,40,41,42). The van der Waals surface area contributed by atoms with Crippen molar-refractivity contribution < 1.29 is 62.3 Å². The van der Waals surface area contributed by atoms with Gasteiger partial charge in [-0.05, 0) is 37.1 Å². The van der Waals surface area contributed by atoms with E-state index in [9.17, 15) is 25.3 Å². The van der Waals surface area contributed by atoms with Gasteiger partial charge < -0.3 is 20.1 Å². The molecule has 52 heavy (non-hydrogen) atoms. The summed E-state index contributed by atoms with van der Waals surface area (Å²) < 4.78 is 111. The van der Waals surface area contributed by atoms with Crippen molar-refractivity contribution in [2.45, 2.75) is 36.5 Å². The second kappa shape index (κ2) is 16.6. The van der Waals surface area contributed by atoms with Gasteiger partial charge in [0.1, 0.15) is 41.9 Å². The lowest BCUT2D eigenvalue weighted by molar-refractivity contribution is -0.434. The molecule has 0 atom stereocenters. The number of nitrogens with one attached hydrogen (secondary N) is 2. The molecule has 3 aromatic rings. The van der Waals surface area contributed by atoms with E-state index in [2.05, 4.69) is 34.2 Å². The van der Waals surface area contributed by atoms with Gasteiger partial charge in [0.05, 0.1) is 36.1 Å². The molecule has 5 rings (SSSR count). The van der Waals surface area contributed by atoms with Crippen LogP contribution in [-0.2, 0) is 47.8 Å². The Labute approximate surface area is 312 Å². The van der Waals surface area contributed by atoms with E-state index in [0.29, 0.717) is 31.0 Å². The average molecular weight is 846 g/mol. The van der Waals surface area contributed by atoms with Gasteiger partial charge in [-0.2, -0.15) is 8.42 Å². The van der Waals surface area contributed by atoms with E-state index in [1.165, 1.54) is 12.1 Å². The maximum absolute atomic E-state index is 13.7. The lowest BCUT2D eigenvalue weighted by atomic mass is 10.2. The molecule has 0 aromatic heterocycles. The first kappa shape index (κ1) is 40.2. The molecule has 0 unspecified atom stereocenters. The molecule has 0 bridgehead atoms. The maximum Gasteiger partial charge on any atom is 0.397 e. The molecule has 2 heterocycles. The average Bonchev–Trinajstić information content (AvgIpc) is 3.08. The van der Waals surface area contributed by atoms with Crippen LogP contribution in [0.1, 0.15) is 26.7 Å². The molecular formula is C28H30Cl2N4O14S4. The zero-order valence-corrected chi connectivity index (χ0v) is 31.8. The van der Waals surface area contributed by atoms with Gasteiger partial charge >= 0.3 is 10.4 Å².